The summed E-state index contributed by atoms with van der Waals surface area (Å²) in [7, 11) is 3.72. The third-order valence-corrected chi connectivity index (χ3v) is 2.60. The van der Waals surface area contributed by atoms with Gasteiger partial charge in [0.15, 0.2) is 0 Å². The van der Waals surface area contributed by atoms with Gasteiger partial charge in [0.25, 0.3) is 0 Å². The Bertz CT molecular complexity index is 465. The third-order valence-electron chi connectivity index (χ3n) is 2.60. The normalized spacial score (nSPS) is 10.2. The van der Waals surface area contributed by atoms with Crippen molar-refractivity contribution < 1.29 is 9.13 Å². The third kappa shape index (κ3) is 3.35. The molecule has 2 aromatic carbocycles. The summed E-state index contributed by atoms with van der Waals surface area (Å²) in [6.07, 6.45) is 0.829. The number of benzene rings is 2. The number of methoxy groups -OCH3 is 1. The molecule has 0 aromatic heterocycles. The van der Waals surface area contributed by atoms with Crippen molar-refractivity contribution in [2.75, 3.05) is 7.11 Å². The maximum absolute atomic E-state index is 12.7. The van der Waals surface area contributed by atoms with Crippen molar-refractivity contribution in [2.45, 2.75) is 6.32 Å². The van der Waals surface area contributed by atoms with Crippen LogP contribution in [0, 0.1) is 5.82 Å². The van der Waals surface area contributed by atoms with Crippen molar-refractivity contribution in [1.29, 1.82) is 0 Å². The average molecular weight is 227 g/mol. The van der Waals surface area contributed by atoms with Crippen molar-refractivity contribution in [1.82, 2.24) is 0 Å². The summed E-state index contributed by atoms with van der Waals surface area (Å²) >= 11 is 0. The molecule has 2 rings (SSSR count). The zero-order valence-corrected chi connectivity index (χ0v) is 9.69. The molecule has 0 amide bonds. The Kier molecular flexibility index (Phi) is 3.81. The highest BCUT2D eigenvalue weighted by Crippen LogP contribution is 2.11. The summed E-state index contributed by atoms with van der Waals surface area (Å²) in [5.74, 6) is 0.655. The summed E-state index contributed by atoms with van der Waals surface area (Å²) in [6, 6.07) is 14.4. The highest BCUT2D eigenvalue weighted by molar-refractivity contribution is 6.52. The van der Waals surface area contributed by atoms with Crippen molar-refractivity contribution in [2.24, 2.45) is 0 Å². The molecule has 0 heterocycles. The molecular weight excluding hydrogens is 214 g/mol. The zero-order valence-electron chi connectivity index (χ0n) is 9.69. The minimum Gasteiger partial charge on any atom is -0.497 e. The highest BCUT2D eigenvalue weighted by atomic mass is 19.1. The van der Waals surface area contributed by atoms with Crippen LogP contribution in [0.25, 0.3) is 0 Å². The van der Waals surface area contributed by atoms with Gasteiger partial charge in [-0.15, -0.1) is 12.1 Å². The van der Waals surface area contributed by atoms with E-state index in [2.05, 4.69) is 7.28 Å². The van der Waals surface area contributed by atoms with Crippen LogP contribution >= 0.6 is 0 Å². The maximum atomic E-state index is 12.7. The van der Waals surface area contributed by atoms with Crippen LogP contribution in [0.1, 0.15) is 5.56 Å². The van der Waals surface area contributed by atoms with Crippen LogP contribution < -0.4 is 10.2 Å². The van der Waals surface area contributed by atoms with Gasteiger partial charge < -0.3 is 4.74 Å². The summed E-state index contributed by atoms with van der Waals surface area (Å²) in [5.41, 5.74) is 2.23. The van der Waals surface area contributed by atoms with Crippen LogP contribution in [-0.2, 0) is 6.32 Å². The molecule has 0 fully saturated rings. The van der Waals surface area contributed by atoms with Crippen LogP contribution in [0.4, 0.5) is 4.39 Å². The van der Waals surface area contributed by atoms with Gasteiger partial charge in [-0.25, -0.2) is 10.7 Å². The van der Waals surface area contributed by atoms with E-state index in [0.717, 1.165) is 17.5 Å². The van der Waals surface area contributed by atoms with Gasteiger partial charge in [-0.2, -0.15) is 0 Å². The molecule has 0 spiro atoms. The first-order chi connectivity index (χ1) is 8.28. The Morgan fingerprint density at radius 3 is 2.24 bits per heavy atom. The van der Waals surface area contributed by atoms with Gasteiger partial charge in [-0.05, 0) is 24.3 Å². The average Bonchev–Trinajstić information content (AvgIpc) is 2.39. The highest BCUT2D eigenvalue weighted by Gasteiger charge is 1.89. The zero-order chi connectivity index (χ0) is 12.1. The number of halogens is 1. The van der Waals surface area contributed by atoms with Gasteiger partial charge in [0.2, 0.25) is 0 Å². The van der Waals surface area contributed by atoms with E-state index >= 15 is 0 Å². The summed E-state index contributed by atoms with van der Waals surface area (Å²) < 4.78 is 17.8. The van der Waals surface area contributed by atoms with Gasteiger partial charge in [-0.1, -0.05) is 17.7 Å². The summed E-state index contributed by atoms with van der Waals surface area (Å²) in [5, 5.41) is 0. The smallest absolute Gasteiger partial charge is 0.122 e. The first-order valence-corrected chi connectivity index (χ1v) is 5.49. The molecule has 2 radical (unpaired) electrons. The lowest BCUT2D eigenvalue weighted by molar-refractivity contribution is 0.414. The van der Waals surface area contributed by atoms with Crippen LogP contribution in [0.3, 0.4) is 0 Å². The van der Waals surface area contributed by atoms with Gasteiger partial charge in [0.1, 0.15) is 11.6 Å². The van der Waals surface area contributed by atoms with E-state index in [9.17, 15) is 4.39 Å². The lowest BCUT2D eigenvalue weighted by Gasteiger charge is -2.16. The first kappa shape index (κ1) is 11.7. The van der Waals surface area contributed by atoms with Crippen LogP contribution in [0.15, 0.2) is 48.5 Å². The van der Waals surface area contributed by atoms with E-state index in [1.54, 1.807) is 19.2 Å². The minimum atomic E-state index is -0.202. The fraction of sp³-hybridized carbons (Fsp3) is 0.143. The molecule has 0 aliphatic carbocycles. The van der Waals surface area contributed by atoms with Gasteiger partial charge in [0.05, 0.1) is 7.11 Å². The largest absolute Gasteiger partial charge is 0.497 e. The molecule has 0 unspecified atom stereocenters. The molecule has 0 N–H and O–H groups in total. The molecule has 0 bridgehead atoms. The van der Waals surface area contributed by atoms with Crippen LogP contribution in [0.2, 0.25) is 0 Å². The molecule has 0 aliphatic rings. The van der Waals surface area contributed by atoms with Gasteiger partial charge >= 0.3 is 0 Å². The molecule has 0 aliphatic heterocycles. The predicted molar refractivity (Wildman–Crippen MR) is 68.5 cm³/mol. The second-order valence-corrected chi connectivity index (χ2v) is 3.81. The van der Waals surface area contributed by atoms with Gasteiger partial charge in [0, 0.05) is 0 Å². The minimum absolute atomic E-state index is 0.202. The second-order valence-electron chi connectivity index (χ2n) is 3.81. The Morgan fingerprint density at radius 1 is 1.00 bits per heavy atom. The molecule has 1 nitrogen and oxygen atoms in total. The van der Waals surface area contributed by atoms with Crippen molar-refractivity contribution in [3.05, 3.63) is 59.9 Å². The molecule has 2 aromatic rings. The number of hydrogen-bond donors (Lipinski definition) is 0. The fourth-order valence-electron chi connectivity index (χ4n) is 1.60. The number of hydrogen-bond acceptors (Lipinski definition) is 1. The Labute approximate surface area is 101 Å². The molecule has 0 saturated heterocycles. The monoisotopic (exact) mass is 227 g/mol. The van der Waals surface area contributed by atoms with Crippen molar-refractivity contribution >= 4 is 12.7 Å². The summed E-state index contributed by atoms with van der Waals surface area (Å²) in [4.78, 5) is 0. The van der Waals surface area contributed by atoms with E-state index in [1.165, 1.54) is 17.7 Å². The molecule has 0 saturated carbocycles. The van der Waals surface area contributed by atoms with Crippen LogP contribution in [-0.4, -0.2) is 14.4 Å². The molecule has 0 atom stereocenters. The standard InChI is InChI=1S/C14H13BFO/c1-17-14-8-2-11(3-9-14)10-15-12-4-6-13(16)7-5-12/h2-9H,10H2,1H3/q-1. The van der Waals surface area contributed by atoms with E-state index in [-0.39, 0.29) is 5.82 Å². The molecule has 86 valence electrons. The Morgan fingerprint density at radius 2 is 1.65 bits per heavy atom. The fourth-order valence-corrected chi connectivity index (χ4v) is 1.60. The van der Waals surface area contributed by atoms with E-state index < -0.39 is 0 Å². The maximum Gasteiger partial charge on any atom is 0.122 e. The lowest BCUT2D eigenvalue weighted by Crippen LogP contribution is -2.16. The van der Waals surface area contributed by atoms with E-state index in [1.807, 2.05) is 24.3 Å². The molecule has 3 heteroatoms. The Hall–Kier alpha value is -1.77. The van der Waals surface area contributed by atoms with Crippen molar-refractivity contribution in [3.63, 3.8) is 0 Å². The van der Waals surface area contributed by atoms with E-state index in [4.69, 9.17) is 4.74 Å². The van der Waals surface area contributed by atoms with E-state index in [0.29, 0.717) is 0 Å². The summed E-state index contributed by atoms with van der Waals surface area (Å²) in [6.45, 7) is 0. The molecular formula is C14H13BFO-. The van der Waals surface area contributed by atoms with Gasteiger partial charge in [-0.3, -0.25) is 12.7 Å². The predicted octanol–water partition coefficient (Wildman–Crippen LogP) is 2.36. The second kappa shape index (κ2) is 5.53. The number of ether oxygens (including phenoxy) is 1. The van der Waals surface area contributed by atoms with Crippen LogP contribution in [0.5, 0.6) is 5.75 Å². The Balaban J connectivity index is 1.95. The van der Waals surface area contributed by atoms with Crippen molar-refractivity contribution in [3.8, 4) is 5.75 Å². The lowest BCUT2D eigenvalue weighted by atomic mass is 9.65. The quantitative estimate of drug-likeness (QED) is 0.728. The topological polar surface area (TPSA) is 9.23 Å². The SMILES string of the molecule is COc1ccc(C[B-]c2ccc(F)cc2)cc1. The first-order valence-electron chi connectivity index (χ1n) is 5.49. The number of rotatable bonds is 4. The molecule has 17 heavy (non-hydrogen) atoms.